The van der Waals surface area contributed by atoms with Gasteiger partial charge < -0.3 is 10.1 Å². The summed E-state index contributed by atoms with van der Waals surface area (Å²) in [5.41, 5.74) is 0.870. The molecule has 0 aliphatic carbocycles. The lowest BCUT2D eigenvalue weighted by atomic mass is 10.1. The predicted molar refractivity (Wildman–Crippen MR) is 77.7 cm³/mol. The minimum atomic E-state index is 0.581. The first-order chi connectivity index (χ1) is 9.88. The van der Waals surface area contributed by atoms with Gasteiger partial charge in [0.2, 0.25) is 0 Å². The fraction of sp³-hybridized carbons (Fsp3) is 0.133. The number of methoxy groups -OCH3 is 1. The molecule has 3 rings (SSSR count). The van der Waals surface area contributed by atoms with Gasteiger partial charge in [-0.1, -0.05) is 12.1 Å². The van der Waals surface area contributed by atoms with E-state index in [1.165, 1.54) is 0 Å². The summed E-state index contributed by atoms with van der Waals surface area (Å²) >= 11 is 0. The number of aromatic nitrogens is 3. The zero-order valence-corrected chi connectivity index (χ0v) is 11.1. The highest BCUT2D eigenvalue weighted by Gasteiger charge is 2.06. The van der Waals surface area contributed by atoms with Gasteiger partial charge in [-0.2, -0.15) is 10.2 Å². The average Bonchev–Trinajstić information content (AvgIpc) is 2.53. The first-order valence-electron chi connectivity index (χ1n) is 6.30. The smallest absolute Gasteiger partial charge is 0.134 e. The summed E-state index contributed by atoms with van der Waals surface area (Å²) in [5.74, 6) is 1.65. The second-order valence-corrected chi connectivity index (χ2v) is 4.28. The molecule has 0 atom stereocenters. The van der Waals surface area contributed by atoms with Crippen LogP contribution in [0.4, 0.5) is 5.82 Å². The number of anilines is 1. The van der Waals surface area contributed by atoms with Crippen molar-refractivity contribution >= 4 is 16.6 Å². The number of fused-ring (bicyclic) bond motifs is 1. The van der Waals surface area contributed by atoms with E-state index < -0.39 is 0 Å². The van der Waals surface area contributed by atoms with Crippen LogP contribution in [-0.2, 0) is 6.54 Å². The molecule has 2 heterocycles. The van der Waals surface area contributed by atoms with Crippen molar-refractivity contribution in [3.8, 4) is 5.75 Å². The van der Waals surface area contributed by atoms with E-state index in [1.807, 2.05) is 36.4 Å². The maximum atomic E-state index is 5.37. The molecule has 0 bridgehead atoms. The third-order valence-electron chi connectivity index (χ3n) is 3.05. The molecule has 0 amide bonds. The van der Waals surface area contributed by atoms with Crippen molar-refractivity contribution in [1.82, 2.24) is 15.2 Å². The Hall–Kier alpha value is -2.69. The van der Waals surface area contributed by atoms with Crippen LogP contribution >= 0.6 is 0 Å². The van der Waals surface area contributed by atoms with E-state index in [9.17, 15) is 0 Å². The van der Waals surface area contributed by atoms with Crippen molar-refractivity contribution in [1.29, 1.82) is 0 Å². The van der Waals surface area contributed by atoms with Crippen LogP contribution < -0.4 is 10.1 Å². The molecule has 20 heavy (non-hydrogen) atoms. The fourth-order valence-electron chi connectivity index (χ4n) is 2.10. The van der Waals surface area contributed by atoms with Crippen LogP contribution in [0, 0.1) is 0 Å². The number of benzene rings is 1. The second-order valence-electron chi connectivity index (χ2n) is 4.28. The molecule has 0 aliphatic rings. The van der Waals surface area contributed by atoms with Crippen molar-refractivity contribution in [3.63, 3.8) is 0 Å². The van der Waals surface area contributed by atoms with Gasteiger partial charge in [0.1, 0.15) is 11.6 Å². The van der Waals surface area contributed by atoms with E-state index in [4.69, 9.17) is 4.74 Å². The standard InChI is InChI=1S/C15H14N4O/c1-20-14-6-2-5-13-12(14)7-9-16-15(13)17-10-11-4-3-8-18-19-11/h2-9H,10H2,1H3,(H,16,17). The maximum Gasteiger partial charge on any atom is 0.134 e. The SMILES string of the molecule is COc1cccc2c(NCc3cccnn3)nccc12. The lowest BCUT2D eigenvalue weighted by Gasteiger charge is -2.10. The van der Waals surface area contributed by atoms with Crippen LogP contribution in [0.1, 0.15) is 5.69 Å². The van der Waals surface area contributed by atoms with E-state index in [1.54, 1.807) is 19.5 Å². The molecule has 1 N–H and O–H groups in total. The molecule has 5 heteroatoms. The van der Waals surface area contributed by atoms with Crippen molar-refractivity contribution in [2.45, 2.75) is 6.54 Å². The van der Waals surface area contributed by atoms with Crippen LogP contribution in [0.3, 0.4) is 0 Å². The summed E-state index contributed by atoms with van der Waals surface area (Å²) in [4.78, 5) is 4.38. The second kappa shape index (κ2) is 5.52. The van der Waals surface area contributed by atoms with Gasteiger partial charge in [-0.15, -0.1) is 0 Å². The number of nitrogens with one attached hydrogen (secondary N) is 1. The number of pyridine rings is 1. The van der Waals surface area contributed by atoms with Crippen LogP contribution in [0.2, 0.25) is 0 Å². The molecule has 0 saturated carbocycles. The summed E-state index contributed by atoms with van der Waals surface area (Å²) in [5, 5.41) is 13.2. The Balaban J connectivity index is 1.92. The molecule has 100 valence electrons. The lowest BCUT2D eigenvalue weighted by Crippen LogP contribution is -2.04. The molecule has 3 aromatic rings. The summed E-state index contributed by atoms with van der Waals surface area (Å²) < 4.78 is 5.37. The van der Waals surface area contributed by atoms with E-state index in [0.29, 0.717) is 6.54 Å². The Labute approximate surface area is 116 Å². The normalized spacial score (nSPS) is 10.4. The Morgan fingerprint density at radius 3 is 2.80 bits per heavy atom. The van der Waals surface area contributed by atoms with E-state index >= 15 is 0 Å². The molecule has 0 radical (unpaired) electrons. The van der Waals surface area contributed by atoms with Gasteiger partial charge in [-0.3, -0.25) is 0 Å². The molecule has 0 unspecified atom stereocenters. The fourth-order valence-corrected chi connectivity index (χ4v) is 2.10. The van der Waals surface area contributed by atoms with Gasteiger partial charge in [0.05, 0.1) is 19.3 Å². The summed E-state index contributed by atoms with van der Waals surface area (Å²) in [6.45, 7) is 0.581. The lowest BCUT2D eigenvalue weighted by molar-refractivity contribution is 0.420. The molecule has 0 aliphatic heterocycles. The van der Waals surface area contributed by atoms with Gasteiger partial charge in [0.15, 0.2) is 0 Å². The van der Waals surface area contributed by atoms with E-state index in [2.05, 4.69) is 20.5 Å². The molecule has 0 fully saturated rings. The Bertz CT molecular complexity index is 715. The van der Waals surface area contributed by atoms with Crippen LogP contribution in [-0.4, -0.2) is 22.3 Å². The van der Waals surface area contributed by atoms with Gasteiger partial charge in [-0.25, -0.2) is 4.98 Å². The van der Waals surface area contributed by atoms with Gasteiger partial charge in [0, 0.05) is 23.2 Å². The Morgan fingerprint density at radius 1 is 1.05 bits per heavy atom. The molecule has 0 saturated heterocycles. The average molecular weight is 266 g/mol. The van der Waals surface area contributed by atoms with Gasteiger partial charge >= 0.3 is 0 Å². The van der Waals surface area contributed by atoms with Crippen LogP contribution in [0.5, 0.6) is 5.75 Å². The first kappa shape index (κ1) is 12.3. The number of nitrogens with zero attached hydrogens (tertiary/aromatic N) is 3. The van der Waals surface area contributed by atoms with E-state index in [0.717, 1.165) is 28.0 Å². The zero-order chi connectivity index (χ0) is 13.8. The number of hydrogen-bond acceptors (Lipinski definition) is 5. The summed E-state index contributed by atoms with van der Waals surface area (Å²) in [6, 6.07) is 11.6. The molecule has 1 aromatic carbocycles. The Morgan fingerprint density at radius 2 is 2.00 bits per heavy atom. The zero-order valence-electron chi connectivity index (χ0n) is 11.1. The minimum absolute atomic E-state index is 0.581. The molecular formula is C15H14N4O. The minimum Gasteiger partial charge on any atom is -0.496 e. The number of rotatable bonds is 4. The highest BCUT2D eigenvalue weighted by molar-refractivity contribution is 5.95. The van der Waals surface area contributed by atoms with Crippen molar-refractivity contribution < 1.29 is 4.74 Å². The topological polar surface area (TPSA) is 59.9 Å². The first-order valence-corrected chi connectivity index (χ1v) is 6.30. The van der Waals surface area contributed by atoms with Gasteiger partial charge in [-0.05, 0) is 24.3 Å². The Kier molecular flexibility index (Phi) is 3.41. The van der Waals surface area contributed by atoms with Gasteiger partial charge in [0.25, 0.3) is 0 Å². The summed E-state index contributed by atoms with van der Waals surface area (Å²) in [7, 11) is 1.67. The highest BCUT2D eigenvalue weighted by atomic mass is 16.5. The predicted octanol–water partition coefficient (Wildman–Crippen LogP) is 2.65. The maximum absolute atomic E-state index is 5.37. The van der Waals surface area contributed by atoms with Crippen LogP contribution in [0.15, 0.2) is 48.8 Å². The number of ether oxygens (including phenoxy) is 1. The molecule has 2 aromatic heterocycles. The molecular weight excluding hydrogens is 252 g/mol. The third kappa shape index (κ3) is 2.38. The van der Waals surface area contributed by atoms with Crippen molar-refractivity contribution in [2.75, 3.05) is 12.4 Å². The largest absolute Gasteiger partial charge is 0.496 e. The van der Waals surface area contributed by atoms with Crippen molar-refractivity contribution in [2.24, 2.45) is 0 Å². The van der Waals surface area contributed by atoms with Crippen LogP contribution in [0.25, 0.3) is 10.8 Å². The molecule has 0 spiro atoms. The summed E-state index contributed by atoms with van der Waals surface area (Å²) in [6.07, 6.45) is 3.42. The van der Waals surface area contributed by atoms with E-state index in [-0.39, 0.29) is 0 Å². The van der Waals surface area contributed by atoms with Crippen molar-refractivity contribution in [3.05, 3.63) is 54.5 Å². The number of hydrogen-bond donors (Lipinski definition) is 1. The molecule has 5 nitrogen and oxygen atoms in total. The monoisotopic (exact) mass is 266 g/mol. The quantitative estimate of drug-likeness (QED) is 0.786. The highest BCUT2D eigenvalue weighted by Crippen LogP contribution is 2.29. The third-order valence-corrected chi connectivity index (χ3v) is 3.05.